The molecule has 10 rings (SSSR count). The van der Waals surface area contributed by atoms with E-state index >= 15 is 0 Å². The normalized spacial score (nSPS) is 14.4. The number of hydrogen-bond acceptors (Lipinski definition) is 2. The molecular weight excluding hydrogens is 653 g/mol. The smallest absolute Gasteiger partial charge is 0.0503 e. The van der Waals surface area contributed by atoms with E-state index in [1.807, 2.05) is 0 Å². The molecule has 1 aliphatic carbocycles. The van der Waals surface area contributed by atoms with Crippen LogP contribution < -0.4 is 9.80 Å². The molecule has 0 amide bonds. The number of benzene rings is 8. The standard InChI is InChI=1S/C52H38N2/c1-4-17-41(18-5-1)53(42-19-6-2-7-20-42)44-31-27-38(28-32-44)47-33-29-39(46-25-14-16-37-15-10-11-23-45(37)46)35-50(47)40-30-34-49-48-24-12-13-26-51(48)54(52(49)36-40)43-21-8-3-9-22-43/h1-23,25-36,48H,24H2. The van der Waals surface area contributed by atoms with E-state index in [4.69, 9.17) is 0 Å². The summed E-state index contributed by atoms with van der Waals surface area (Å²) in [6.07, 6.45) is 7.81. The molecule has 2 aliphatic rings. The quantitative estimate of drug-likeness (QED) is 0.164. The second-order valence-corrected chi connectivity index (χ2v) is 14.1. The first-order chi connectivity index (χ1) is 26.8. The van der Waals surface area contributed by atoms with Gasteiger partial charge in [-0.05, 0) is 123 Å². The van der Waals surface area contributed by atoms with Gasteiger partial charge in [0.2, 0.25) is 0 Å². The molecule has 1 atom stereocenters. The third-order valence-corrected chi connectivity index (χ3v) is 10.9. The van der Waals surface area contributed by atoms with E-state index in [0.29, 0.717) is 5.92 Å². The summed E-state index contributed by atoms with van der Waals surface area (Å²) in [6.45, 7) is 0. The summed E-state index contributed by atoms with van der Waals surface area (Å²) in [5, 5.41) is 2.51. The van der Waals surface area contributed by atoms with Crippen molar-refractivity contribution >= 4 is 39.2 Å². The molecule has 8 aromatic rings. The molecule has 256 valence electrons. The minimum atomic E-state index is 0.352. The molecule has 0 saturated heterocycles. The van der Waals surface area contributed by atoms with E-state index in [2.05, 4.69) is 222 Å². The van der Waals surface area contributed by atoms with Gasteiger partial charge in [-0.25, -0.2) is 0 Å². The van der Waals surface area contributed by atoms with Crippen LogP contribution in [-0.4, -0.2) is 0 Å². The van der Waals surface area contributed by atoms with Crippen LogP contribution in [0.15, 0.2) is 218 Å². The van der Waals surface area contributed by atoms with Crippen LogP contribution in [0.4, 0.5) is 28.4 Å². The Balaban J connectivity index is 1.13. The summed E-state index contributed by atoms with van der Waals surface area (Å²) in [5.41, 5.74) is 15.8. The molecule has 0 saturated carbocycles. The van der Waals surface area contributed by atoms with Crippen molar-refractivity contribution in [2.75, 3.05) is 9.80 Å². The molecule has 0 spiro atoms. The average molecular weight is 691 g/mol. The Morgan fingerprint density at radius 2 is 1.07 bits per heavy atom. The van der Waals surface area contributed by atoms with Gasteiger partial charge in [-0.1, -0.05) is 146 Å². The number of fused-ring (bicyclic) bond motifs is 4. The number of anilines is 5. The van der Waals surface area contributed by atoms with E-state index < -0.39 is 0 Å². The molecule has 8 aromatic carbocycles. The molecule has 54 heavy (non-hydrogen) atoms. The highest BCUT2D eigenvalue weighted by atomic mass is 15.2. The van der Waals surface area contributed by atoms with Crippen molar-refractivity contribution in [1.29, 1.82) is 0 Å². The van der Waals surface area contributed by atoms with Gasteiger partial charge in [-0.2, -0.15) is 0 Å². The Hall–Kier alpha value is -6.90. The van der Waals surface area contributed by atoms with Gasteiger partial charge in [0.05, 0.1) is 5.69 Å². The van der Waals surface area contributed by atoms with Crippen molar-refractivity contribution in [2.24, 2.45) is 0 Å². The Kier molecular flexibility index (Phi) is 8.00. The van der Waals surface area contributed by atoms with Crippen LogP contribution >= 0.6 is 0 Å². The summed E-state index contributed by atoms with van der Waals surface area (Å²) in [5.74, 6) is 0.352. The van der Waals surface area contributed by atoms with E-state index in [1.165, 1.54) is 66.8 Å². The lowest BCUT2D eigenvalue weighted by Crippen LogP contribution is -2.14. The first kappa shape index (κ1) is 31.8. The molecule has 0 N–H and O–H groups in total. The van der Waals surface area contributed by atoms with Gasteiger partial charge in [0, 0.05) is 34.4 Å². The molecule has 1 unspecified atom stereocenters. The number of nitrogens with zero attached hydrogens (tertiary/aromatic N) is 2. The zero-order valence-electron chi connectivity index (χ0n) is 29.9. The zero-order valence-corrected chi connectivity index (χ0v) is 29.9. The average Bonchev–Trinajstić information content (AvgIpc) is 3.58. The topological polar surface area (TPSA) is 6.48 Å². The first-order valence-electron chi connectivity index (χ1n) is 18.8. The van der Waals surface area contributed by atoms with Crippen LogP contribution in [0.25, 0.3) is 44.2 Å². The van der Waals surface area contributed by atoms with Crippen LogP contribution in [-0.2, 0) is 0 Å². The van der Waals surface area contributed by atoms with Crippen LogP contribution in [0.5, 0.6) is 0 Å². The maximum absolute atomic E-state index is 2.47. The number of hydrogen-bond donors (Lipinski definition) is 0. The second kappa shape index (κ2) is 13.6. The van der Waals surface area contributed by atoms with E-state index in [1.54, 1.807) is 0 Å². The van der Waals surface area contributed by atoms with Gasteiger partial charge < -0.3 is 9.80 Å². The van der Waals surface area contributed by atoms with Crippen molar-refractivity contribution in [3.8, 4) is 33.4 Å². The van der Waals surface area contributed by atoms with Crippen molar-refractivity contribution in [3.05, 3.63) is 224 Å². The van der Waals surface area contributed by atoms with Crippen molar-refractivity contribution in [3.63, 3.8) is 0 Å². The summed E-state index contributed by atoms with van der Waals surface area (Å²) in [6, 6.07) is 70.5. The lowest BCUT2D eigenvalue weighted by atomic mass is 9.87. The predicted octanol–water partition coefficient (Wildman–Crippen LogP) is 14.4. The Morgan fingerprint density at radius 1 is 0.463 bits per heavy atom. The summed E-state index contributed by atoms with van der Waals surface area (Å²) >= 11 is 0. The Bertz CT molecular complexity index is 2630. The van der Waals surface area contributed by atoms with Gasteiger partial charge in [0.25, 0.3) is 0 Å². The molecule has 1 heterocycles. The van der Waals surface area contributed by atoms with E-state index in [-0.39, 0.29) is 0 Å². The summed E-state index contributed by atoms with van der Waals surface area (Å²) in [7, 11) is 0. The monoisotopic (exact) mass is 690 g/mol. The number of para-hydroxylation sites is 3. The maximum atomic E-state index is 2.47. The van der Waals surface area contributed by atoms with Crippen LogP contribution in [0.3, 0.4) is 0 Å². The molecule has 0 bridgehead atoms. The summed E-state index contributed by atoms with van der Waals surface area (Å²) < 4.78 is 0. The highest BCUT2D eigenvalue weighted by Crippen LogP contribution is 2.52. The maximum Gasteiger partial charge on any atom is 0.0503 e. The van der Waals surface area contributed by atoms with Crippen molar-refractivity contribution in [1.82, 2.24) is 0 Å². The molecule has 1 aliphatic heterocycles. The van der Waals surface area contributed by atoms with Gasteiger partial charge in [0.15, 0.2) is 0 Å². The van der Waals surface area contributed by atoms with Crippen molar-refractivity contribution in [2.45, 2.75) is 12.3 Å². The van der Waals surface area contributed by atoms with Gasteiger partial charge in [-0.3, -0.25) is 0 Å². The summed E-state index contributed by atoms with van der Waals surface area (Å²) in [4.78, 5) is 4.79. The van der Waals surface area contributed by atoms with E-state index in [0.717, 1.165) is 23.5 Å². The highest BCUT2D eigenvalue weighted by Gasteiger charge is 2.35. The lowest BCUT2D eigenvalue weighted by Gasteiger charge is -2.25. The fraction of sp³-hybridized carbons (Fsp3) is 0.0385. The molecule has 0 radical (unpaired) electrons. The minimum Gasteiger partial charge on any atom is -0.313 e. The minimum absolute atomic E-state index is 0.352. The molecule has 0 fully saturated rings. The molecule has 0 aromatic heterocycles. The van der Waals surface area contributed by atoms with Gasteiger partial charge in [0.1, 0.15) is 0 Å². The lowest BCUT2D eigenvalue weighted by molar-refractivity contribution is 0.819. The van der Waals surface area contributed by atoms with E-state index in [9.17, 15) is 0 Å². The number of allylic oxidation sites excluding steroid dienone is 4. The first-order valence-corrected chi connectivity index (χ1v) is 18.8. The predicted molar refractivity (Wildman–Crippen MR) is 228 cm³/mol. The Labute approximate surface area is 317 Å². The SMILES string of the molecule is C1=CCC2C(=C1)N(c1ccccc1)c1cc(-c3cc(-c4cccc5ccccc45)ccc3-c3ccc(N(c4ccccc4)c4ccccc4)cc3)ccc12. The molecular formula is C52H38N2. The fourth-order valence-corrected chi connectivity index (χ4v) is 8.41. The highest BCUT2D eigenvalue weighted by molar-refractivity contribution is 5.99. The van der Waals surface area contributed by atoms with Gasteiger partial charge >= 0.3 is 0 Å². The number of rotatable bonds is 7. The largest absolute Gasteiger partial charge is 0.313 e. The molecule has 2 nitrogen and oxygen atoms in total. The van der Waals surface area contributed by atoms with Crippen LogP contribution in [0, 0.1) is 0 Å². The Morgan fingerprint density at radius 3 is 1.83 bits per heavy atom. The van der Waals surface area contributed by atoms with Crippen LogP contribution in [0.2, 0.25) is 0 Å². The third kappa shape index (κ3) is 5.60. The van der Waals surface area contributed by atoms with Gasteiger partial charge in [-0.15, -0.1) is 0 Å². The van der Waals surface area contributed by atoms with Crippen LogP contribution in [0.1, 0.15) is 17.9 Å². The third-order valence-electron chi connectivity index (χ3n) is 10.9. The molecule has 2 heteroatoms. The van der Waals surface area contributed by atoms with Crippen molar-refractivity contribution < 1.29 is 0 Å². The zero-order chi connectivity index (χ0) is 35.8. The second-order valence-electron chi connectivity index (χ2n) is 14.1. The fourth-order valence-electron chi connectivity index (χ4n) is 8.41.